The summed E-state index contributed by atoms with van der Waals surface area (Å²) < 4.78 is 15.3. The molecule has 2 N–H and O–H groups in total. The SMILES string of the molecule is CN=C(NCc1ccc(-n2cccn2)cc1)NCc1ccc(F)cc1CSC.I. The number of hydrogen-bond acceptors (Lipinski definition) is 3. The molecule has 0 saturated heterocycles. The van der Waals surface area contributed by atoms with Crippen LogP contribution < -0.4 is 10.6 Å². The first-order chi connectivity index (χ1) is 13.7. The van der Waals surface area contributed by atoms with Crippen LogP contribution in [0.2, 0.25) is 0 Å². The van der Waals surface area contributed by atoms with Gasteiger partial charge in [-0.25, -0.2) is 9.07 Å². The third-order valence-electron chi connectivity index (χ3n) is 4.30. The molecular weight excluding hydrogens is 500 g/mol. The number of thioether (sulfide) groups is 1. The molecule has 0 radical (unpaired) electrons. The van der Waals surface area contributed by atoms with Gasteiger partial charge in [0.15, 0.2) is 5.96 Å². The molecule has 2 aromatic carbocycles. The molecule has 3 aromatic rings. The summed E-state index contributed by atoms with van der Waals surface area (Å²) in [4.78, 5) is 4.27. The quantitative estimate of drug-likeness (QED) is 0.274. The third-order valence-corrected chi connectivity index (χ3v) is 4.90. The summed E-state index contributed by atoms with van der Waals surface area (Å²) in [5.41, 5.74) is 4.24. The number of rotatable bonds is 7. The number of halogens is 2. The van der Waals surface area contributed by atoms with Gasteiger partial charge < -0.3 is 10.6 Å². The molecule has 0 saturated carbocycles. The fraction of sp³-hybridized carbons (Fsp3) is 0.238. The van der Waals surface area contributed by atoms with Crippen molar-refractivity contribution in [3.05, 3.63) is 83.4 Å². The molecule has 8 heteroatoms. The van der Waals surface area contributed by atoms with E-state index in [4.69, 9.17) is 0 Å². The van der Waals surface area contributed by atoms with Gasteiger partial charge in [0, 0.05) is 38.3 Å². The minimum Gasteiger partial charge on any atom is -0.352 e. The minimum atomic E-state index is -0.200. The van der Waals surface area contributed by atoms with Crippen molar-refractivity contribution in [2.45, 2.75) is 18.8 Å². The predicted molar refractivity (Wildman–Crippen MR) is 130 cm³/mol. The van der Waals surface area contributed by atoms with E-state index < -0.39 is 0 Å². The Kier molecular flexibility index (Phi) is 9.46. The molecule has 0 unspecified atom stereocenters. The first-order valence-electron chi connectivity index (χ1n) is 8.99. The Labute approximate surface area is 192 Å². The molecule has 0 fully saturated rings. The molecular formula is C21H25FIN5S. The number of guanidine groups is 1. The fourth-order valence-corrected chi connectivity index (χ4v) is 3.41. The van der Waals surface area contributed by atoms with Gasteiger partial charge in [-0.15, -0.1) is 24.0 Å². The average molecular weight is 525 g/mol. The fourth-order valence-electron chi connectivity index (χ4n) is 2.83. The zero-order valence-corrected chi connectivity index (χ0v) is 19.6. The molecule has 0 atom stereocenters. The van der Waals surface area contributed by atoms with E-state index >= 15 is 0 Å². The molecule has 0 aliphatic carbocycles. The second-order valence-corrected chi connectivity index (χ2v) is 7.11. The summed E-state index contributed by atoms with van der Waals surface area (Å²) in [5.74, 6) is 1.29. The van der Waals surface area contributed by atoms with Gasteiger partial charge in [-0.1, -0.05) is 18.2 Å². The number of nitrogens with one attached hydrogen (secondary N) is 2. The van der Waals surface area contributed by atoms with Gasteiger partial charge in [0.25, 0.3) is 0 Å². The number of benzene rings is 2. The van der Waals surface area contributed by atoms with Crippen molar-refractivity contribution in [3.8, 4) is 5.69 Å². The van der Waals surface area contributed by atoms with E-state index in [1.54, 1.807) is 31.1 Å². The van der Waals surface area contributed by atoms with Crippen LogP contribution in [0, 0.1) is 5.82 Å². The Morgan fingerprint density at radius 3 is 2.52 bits per heavy atom. The molecule has 154 valence electrons. The van der Waals surface area contributed by atoms with Crippen LogP contribution in [0.25, 0.3) is 5.69 Å². The van der Waals surface area contributed by atoms with Crippen molar-refractivity contribution in [1.29, 1.82) is 0 Å². The molecule has 0 aliphatic rings. The Hall–Kier alpha value is -2.07. The Balaban J connectivity index is 0.00000300. The van der Waals surface area contributed by atoms with Gasteiger partial charge in [-0.3, -0.25) is 4.99 Å². The van der Waals surface area contributed by atoms with E-state index in [1.807, 2.05) is 41.4 Å². The zero-order valence-electron chi connectivity index (χ0n) is 16.4. The van der Waals surface area contributed by atoms with Gasteiger partial charge in [0.1, 0.15) is 5.82 Å². The van der Waals surface area contributed by atoms with Crippen LogP contribution in [0.4, 0.5) is 4.39 Å². The monoisotopic (exact) mass is 525 g/mol. The van der Waals surface area contributed by atoms with Crippen molar-refractivity contribution in [2.24, 2.45) is 4.99 Å². The maximum atomic E-state index is 13.5. The van der Waals surface area contributed by atoms with Gasteiger partial charge in [0.2, 0.25) is 0 Å². The van der Waals surface area contributed by atoms with E-state index in [0.717, 1.165) is 28.1 Å². The van der Waals surface area contributed by atoms with Crippen LogP contribution in [-0.2, 0) is 18.8 Å². The standard InChI is InChI=1S/C21H24FN5S.HI/c1-23-21(25-14-17-6-7-19(22)12-18(17)15-28-2)24-13-16-4-8-20(9-5-16)27-11-3-10-26-27;/h3-12H,13-15H2,1-2H3,(H2,23,24,25);1H. The molecule has 29 heavy (non-hydrogen) atoms. The smallest absolute Gasteiger partial charge is 0.191 e. The Bertz CT molecular complexity index is 913. The number of aromatic nitrogens is 2. The van der Waals surface area contributed by atoms with Crippen molar-refractivity contribution in [1.82, 2.24) is 20.4 Å². The number of nitrogens with zero attached hydrogens (tertiary/aromatic N) is 3. The number of hydrogen-bond donors (Lipinski definition) is 2. The highest BCUT2D eigenvalue weighted by Gasteiger charge is 2.06. The maximum absolute atomic E-state index is 13.5. The van der Waals surface area contributed by atoms with E-state index in [0.29, 0.717) is 19.0 Å². The third kappa shape index (κ3) is 6.74. The number of aliphatic imine (C=N–C) groups is 1. The van der Waals surface area contributed by atoms with Crippen LogP contribution >= 0.6 is 35.7 Å². The molecule has 0 bridgehead atoms. The molecule has 1 aromatic heterocycles. The second-order valence-electron chi connectivity index (χ2n) is 6.24. The zero-order chi connectivity index (χ0) is 19.8. The average Bonchev–Trinajstić information content (AvgIpc) is 3.25. The van der Waals surface area contributed by atoms with Gasteiger partial charge >= 0.3 is 0 Å². The van der Waals surface area contributed by atoms with Crippen LogP contribution in [-0.4, -0.2) is 29.0 Å². The lowest BCUT2D eigenvalue weighted by Gasteiger charge is -2.14. The van der Waals surface area contributed by atoms with Crippen LogP contribution in [0.15, 0.2) is 65.9 Å². The highest BCUT2D eigenvalue weighted by molar-refractivity contribution is 14.0. The van der Waals surface area contributed by atoms with E-state index in [2.05, 4.69) is 32.9 Å². The molecule has 0 amide bonds. The largest absolute Gasteiger partial charge is 0.352 e. The van der Waals surface area contributed by atoms with Crippen molar-refractivity contribution >= 4 is 41.7 Å². The lowest BCUT2D eigenvalue weighted by atomic mass is 10.1. The molecule has 5 nitrogen and oxygen atoms in total. The molecule has 3 rings (SSSR count). The van der Waals surface area contributed by atoms with Crippen LogP contribution in [0.3, 0.4) is 0 Å². The van der Waals surface area contributed by atoms with Crippen LogP contribution in [0.5, 0.6) is 0 Å². The predicted octanol–water partition coefficient (Wildman–Crippen LogP) is 4.36. The summed E-state index contributed by atoms with van der Waals surface area (Å²) in [6, 6.07) is 15.0. The van der Waals surface area contributed by atoms with Gasteiger partial charge in [0.05, 0.1) is 5.69 Å². The van der Waals surface area contributed by atoms with Crippen LogP contribution in [0.1, 0.15) is 16.7 Å². The van der Waals surface area contributed by atoms with Crippen molar-refractivity contribution < 1.29 is 4.39 Å². The summed E-state index contributed by atoms with van der Waals surface area (Å²) in [6.07, 6.45) is 5.69. The van der Waals surface area contributed by atoms with E-state index in [9.17, 15) is 4.39 Å². The minimum absolute atomic E-state index is 0. The second kappa shape index (κ2) is 11.8. The first-order valence-corrected chi connectivity index (χ1v) is 10.4. The van der Waals surface area contributed by atoms with Crippen molar-refractivity contribution in [3.63, 3.8) is 0 Å². The maximum Gasteiger partial charge on any atom is 0.191 e. The lowest BCUT2D eigenvalue weighted by Crippen LogP contribution is -2.36. The molecule has 1 heterocycles. The van der Waals surface area contributed by atoms with Crippen molar-refractivity contribution in [2.75, 3.05) is 13.3 Å². The summed E-state index contributed by atoms with van der Waals surface area (Å²) >= 11 is 1.68. The summed E-state index contributed by atoms with van der Waals surface area (Å²) in [5, 5.41) is 10.8. The normalized spacial score (nSPS) is 11.1. The van der Waals surface area contributed by atoms with E-state index in [-0.39, 0.29) is 29.8 Å². The highest BCUT2D eigenvalue weighted by atomic mass is 127. The molecule has 0 aliphatic heterocycles. The lowest BCUT2D eigenvalue weighted by molar-refractivity contribution is 0.625. The van der Waals surface area contributed by atoms with Gasteiger partial charge in [-0.05, 0) is 53.3 Å². The van der Waals surface area contributed by atoms with Gasteiger partial charge in [-0.2, -0.15) is 16.9 Å². The topological polar surface area (TPSA) is 54.2 Å². The van der Waals surface area contributed by atoms with E-state index in [1.165, 1.54) is 6.07 Å². The Morgan fingerprint density at radius 2 is 1.86 bits per heavy atom. The summed E-state index contributed by atoms with van der Waals surface area (Å²) in [7, 11) is 1.74. The summed E-state index contributed by atoms with van der Waals surface area (Å²) in [6.45, 7) is 1.24. The molecule has 0 spiro atoms. The first kappa shape index (κ1) is 23.2. The highest BCUT2D eigenvalue weighted by Crippen LogP contribution is 2.16. The Morgan fingerprint density at radius 1 is 1.10 bits per heavy atom.